The molecule has 272 valence electrons. The number of aliphatic hydroxyl groups excluding tert-OH is 2. The number of ether oxygens (including phenoxy) is 1. The highest BCUT2D eigenvalue weighted by molar-refractivity contribution is 7.61. The summed E-state index contributed by atoms with van der Waals surface area (Å²) in [6.45, 7) is 0.792. The van der Waals surface area contributed by atoms with Gasteiger partial charge in [0.05, 0.1) is 26.1 Å². The minimum atomic E-state index is -5.54. The molecule has 27 heteroatoms. The van der Waals surface area contributed by atoms with E-state index in [-0.39, 0.29) is 35.9 Å². The summed E-state index contributed by atoms with van der Waals surface area (Å²) in [6, 6.07) is 0. The van der Waals surface area contributed by atoms with Crippen molar-refractivity contribution in [3.63, 3.8) is 0 Å². The minimum absolute atomic E-state index is 0.0356. The van der Waals surface area contributed by atoms with Crippen LogP contribution in [0.2, 0.25) is 0 Å². The number of nitrogens with one attached hydrogen (secondary N) is 2. The fraction of sp³-hybridized carbons (Fsp3) is 0.667. The Kier molecular flexibility index (Phi) is 13.7. The Labute approximate surface area is 277 Å². The highest BCUT2D eigenvalue weighted by Gasteiger charge is 2.50. The molecule has 48 heavy (non-hydrogen) atoms. The van der Waals surface area contributed by atoms with Crippen LogP contribution in [0.1, 0.15) is 26.5 Å². The molecule has 10 N–H and O–H groups in total. The number of nitrogens with two attached hydrogens (primary N) is 1. The lowest BCUT2D eigenvalue weighted by Crippen LogP contribution is -2.46. The number of hydrogen-bond donors (Lipinski definition) is 9. The molecule has 0 bridgehead atoms. The molecule has 0 spiro atoms. The second-order valence-electron chi connectivity index (χ2n) is 10.8. The lowest BCUT2D eigenvalue weighted by Gasteiger charge is -2.30. The zero-order chi connectivity index (χ0) is 36.1. The van der Waals surface area contributed by atoms with Gasteiger partial charge < -0.3 is 50.9 Å². The van der Waals surface area contributed by atoms with Gasteiger partial charge in [-0.05, 0) is 12.6 Å². The molecule has 0 aromatic carbocycles. The van der Waals surface area contributed by atoms with E-state index in [1.807, 2.05) is 0 Å². The van der Waals surface area contributed by atoms with Crippen LogP contribution in [0.15, 0.2) is 12.7 Å². The van der Waals surface area contributed by atoms with E-state index in [2.05, 4.69) is 47.0 Å². The fourth-order valence-corrected chi connectivity index (χ4v) is 7.10. The van der Waals surface area contributed by atoms with Gasteiger partial charge in [0, 0.05) is 18.4 Å². The lowest BCUT2D eigenvalue weighted by atomic mass is 9.87. The molecule has 0 radical (unpaired) electrons. The van der Waals surface area contributed by atoms with E-state index in [0.29, 0.717) is 12.3 Å². The van der Waals surface area contributed by atoms with Crippen molar-refractivity contribution in [1.82, 2.24) is 30.2 Å². The molecule has 3 heterocycles. The average molecular weight is 769 g/mol. The molecule has 2 aromatic heterocycles. The van der Waals surface area contributed by atoms with Gasteiger partial charge in [-0.25, -0.2) is 28.6 Å². The van der Waals surface area contributed by atoms with Gasteiger partial charge in [0.25, 0.3) is 0 Å². The van der Waals surface area contributed by atoms with Crippen molar-refractivity contribution in [3.8, 4) is 0 Å². The van der Waals surface area contributed by atoms with E-state index in [9.17, 15) is 53.1 Å². The number of carbonyl (C=O) groups is 2. The van der Waals surface area contributed by atoms with Gasteiger partial charge in [-0.3, -0.25) is 27.7 Å². The topological polar surface area (TPSA) is 347 Å². The smallest absolute Gasteiger partial charge is 0.386 e. The molecule has 1 aliphatic rings. The molecular weight excluding hydrogens is 731 g/mol. The second kappa shape index (κ2) is 16.3. The van der Waals surface area contributed by atoms with Crippen molar-refractivity contribution in [2.45, 2.75) is 50.9 Å². The Balaban J connectivity index is 1.61. The summed E-state index contributed by atoms with van der Waals surface area (Å²) < 4.78 is 61.7. The number of phosphoric ester groups is 3. The van der Waals surface area contributed by atoms with Gasteiger partial charge in [-0.15, -0.1) is 0 Å². The average Bonchev–Trinajstić information content (AvgIpc) is 3.54. The molecule has 3 rings (SSSR count). The van der Waals surface area contributed by atoms with Gasteiger partial charge in [0.15, 0.2) is 17.7 Å². The van der Waals surface area contributed by atoms with E-state index in [1.165, 1.54) is 13.8 Å². The van der Waals surface area contributed by atoms with Gasteiger partial charge in [0.1, 0.15) is 42.0 Å². The molecule has 2 unspecified atom stereocenters. The molecule has 23 nitrogen and oxygen atoms in total. The number of fused-ring (bicyclic) bond motifs is 1. The SMILES string of the molecule is CC(C)(COP(=O)(O)OP(=O)(O)OC[C@H]1O[C@@H](n2cnc3c(N)ncnc32)[C@H](O)[C@@H]1OP(=O)(O)O)[C@@H](O)C(=O)NCCC(=O)NCC[SH2+]. The molecule has 1 aliphatic heterocycles. The zero-order valence-corrected chi connectivity index (χ0v) is 28.9. The summed E-state index contributed by atoms with van der Waals surface area (Å²) >= 11 is 3.19. The monoisotopic (exact) mass is 768 g/mol. The van der Waals surface area contributed by atoms with E-state index < -0.39 is 78.6 Å². The first-order chi connectivity index (χ1) is 22.2. The first-order valence-corrected chi connectivity index (χ1v) is 18.9. The van der Waals surface area contributed by atoms with Crippen molar-refractivity contribution in [3.05, 3.63) is 12.7 Å². The maximum atomic E-state index is 12.6. The molecular formula is C21H37N7O16P3S+. The second-order valence-corrected chi connectivity index (χ2v) is 15.6. The predicted octanol–water partition coefficient (Wildman–Crippen LogP) is -2.58. The largest absolute Gasteiger partial charge is 0.481 e. The van der Waals surface area contributed by atoms with Crippen LogP contribution in [0.25, 0.3) is 11.2 Å². The summed E-state index contributed by atoms with van der Waals surface area (Å²) in [5.74, 6) is -0.808. The number of aliphatic hydroxyl groups is 2. The normalized spacial score (nSPS) is 23.4. The number of amides is 2. The predicted molar refractivity (Wildman–Crippen MR) is 165 cm³/mol. The molecule has 1 saturated heterocycles. The summed E-state index contributed by atoms with van der Waals surface area (Å²) in [5, 5.41) is 26.1. The summed E-state index contributed by atoms with van der Waals surface area (Å²) in [6.07, 6.45) is -6.72. The van der Waals surface area contributed by atoms with Crippen LogP contribution in [0, 0.1) is 5.41 Å². The van der Waals surface area contributed by atoms with Gasteiger partial charge in [-0.1, -0.05) is 13.8 Å². The first kappa shape index (κ1) is 40.3. The highest BCUT2D eigenvalue weighted by Crippen LogP contribution is 2.61. The van der Waals surface area contributed by atoms with Crippen molar-refractivity contribution >= 4 is 64.9 Å². The number of carbonyl (C=O) groups excluding carboxylic acids is 2. The number of aromatic nitrogens is 4. The van der Waals surface area contributed by atoms with Crippen LogP contribution in [0.5, 0.6) is 0 Å². The third-order valence-electron chi connectivity index (χ3n) is 6.52. The molecule has 2 aromatic rings. The third-order valence-corrected chi connectivity index (χ3v) is 9.87. The fourth-order valence-electron chi connectivity index (χ4n) is 4.14. The Morgan fingerprint density at radius 3 is 2.42 bits per heavy atom. The Hall–Kier alpha value is -2.11. The standard InChI is InChI=1S/C21H36N7O16P3S/c1-21(2,16(31)19(32)24-4-3-12(29)23-5-6-48)8-41-47(38,39)44-46(36,37)40-7-11-15(43-45(33,34)35)14(30)20(42-11)28-10-27-13-17(22)25-9-26-18(13)28/h9-11,14-16,20,30-31,48H,3-8H2,1-2H3,(H,23,29)(H,24,32)(H,36,37)(H,38,39)(H2,22,25,26)(H2,33,34,35)/p+1/t11-,14-,15-,16+,20-/m1/s1. The lowest BCUT2D eigenvalue weighted by molar-refractivity contribution is -0.137. The third kappa shape index (κ3) is 11.2. The van der Waals surface area contributed by atoms with Crippen molar-refractivity contribution < 1.29 is 75.7 Å². The summed E-state index contributed by atoms with van der Waals surface area (Å²) in [7, 11) is -16.3. The minimum Gasteiger partial charge on any atom is -0.386 e. The van der Waals surface area contributed by atoms with Crippen LogP contribution < -0.4 is 16.4 Å². The summed E-state index contributed by atoms with van der Waals surface area (Å²) in [5.41, 5.74) is 4.30. The number of imidazole rings is 1. The van der Waals surface area contributed by atoms with Crippen molar-refractivity contribution in [1.29, 1.82) is 0 Å². The van der Waals surface area contributed by atoms with Gasteiger partial charge >= 0.3 is 23.5 Å². The Morgan fingerprint density at radius 2 is 1.77 bits per heavy atom. The van der Waals surface area contributed by atoms with Gasteiger partial charge in [0.2, 0.25) is 11.8 Å². The van der Waals surface area contributed by atoms with E-state index >= 15 is 0 Å². The maximum Gasteiger partial charge on any atom is 0.481 e. The zero-order valence-electron chi connectivity index (χ0n) is 25.3. The first-order valence-electron chi connectivity index (χ1n) is 13.7. The number of nitrogens with zero attached hydrogens (tertiary/aromatic N) is 4. The van der Waals surface area contributed by atoms with Crippen LogP contribution >= 0.6 is 23.5 Å². The Morgan fingerprint density at radius 1 is 1.10 bits per heavy atom. The van der Waals surface area contributed by atoms with E-state index in [1.54, 1.807) is 0 Å². The maximum absolute atomic E-state index is 12.6. The van der Waals surface area contributed by atoms with Crippen LogP contribution in [0.3, 0.4) is 0 Å². The molecule has 0 saturated carbocycles. The highest BCUT2D eigenvalue weighted by atomic mass is 32.1. The Bertz CT molecular complexity index is 1590. The van der Waals surface area contributed by atoms with Crippen LogP contribution in [-0.4, -0.2) is 118 Å². The summed E-state index contributed by atoms with van der Waals surface area (Å²) in [4.78, 5) is 74.6. The molecule has 2 amide bonds. The van der Waals surface area contributed by atoms with Crippen LogP contribution in [0.4, 0.5) is 5.82 Å². The molecule has 1 fully saturated rings. The van der Waals surface area contributed by atoms with Crippen molar-refractivity contribution in [2.24, 2.45) is 5.41 Å². The van der Waals surface area contributed by atoms with E-state index in [0.717, 1.165) is 17.2 Å². The molecule has 7 atom stereocenters. The number of phosphoric acid groups is 3. The molecule has 0 aliphatic carbocycles. The number of rotatable bonds is 18. The number of hydrogen-bond acceptors (Lipinski definition) is 16. The van der Waals surface area contributed by atoms with Crippen LogP contribution in [-0.2, 0) is 58.5 Å². The van der Waals surface area contributed by atoms with Gasteiger partial charge in [-0.2, -0.15) is 4.31 Å². The van der Waals surface area contributed by atoms with Crippen molar-refractivity contribution in [2.75, 3.05) is 37.8 Å². The number of nitrogen functional groups attached to an aromatic ring is 1. The number of anilines is 1. The quantitative estimate of drug-likeness (QED) is 0.0555. The van der Waals surface area contributed by atoms with E-state index in [4.69, 9.17) is 19.5 Å².